The molecule has 3 aromatic rings. The van der Waals surface area contributed by atoms with E-state index in [9.17, 15) is 4.79 Å². The van der Waals surface area contributed by atoms with Crippen LogP contribution in [0.15, 0.2) is 35.0 Å². The molecule has 1 amide bonds. The molecule has 144 valence electrons. The minimum atomic E-state index is -0.310. The van der Waals surface area contributed by atoms with Crippen LogP contribution in [0.4, 0.5) is 0 Å². The molecular weight excluding hydrogens is 364 g/mol. The smallest absolute Gasteiger partial charge is 0.248 e. The molecule has 27 heavy (non-hydrogen) atoms. The SMILES string of the molecule is CC(NC(=O)CCCn1ccc2cc(Cl)ccc21)c1nc(C(C)(C)C)no1. The molecule has 0 aliphatic rings. The highest BCUT2D eigenvalue weighted by Crippen LogP contribution is 2.22. The number of aryl methyl sites for hydroxylation is 1. The summed E-state index contributed by atoms with van der Waals surface area (Å²) >= 11 is 6.02. The second-order valence-corrected chi connectivity index (χ2v) is 8.25. The largest absolute Gasteiger partial charge is 0.347 e. The van der Waals surface area contributed by atoms with Gasteiger partial charge in [-0.15, -0.1) is 0 Å². The Morgan fingerprint density at radius 3 is 2.81 bits per heavy atom. The van der Waals surface area contributed by atoms with Crippen LogP contribution in [-0.4, -0.2) is 20.6 Å². The summed E-state index contributed by atoms with van der Waals surface area (Å²) in [6.45, 7) is 8.67. The topological polar surface area (TPSA) is 73.0 Å². The van der Waals surface area contributed by atoms with Crippen molar-refractivity contribution < 1.29 is 9.32 Å². The van der Waals surface area contributed by atoms with Crippen molar-refractivity contribution >= 4 is 28.4 Å². The van der Waals surface area contributed by atoms with Gasteiger partial charge in [-0.1, -0.05) is 37.5 Å². The minimum absolute atomic E-state index is 0.0301. The van der Waals surface area contributed by atoms with Crippen LogP contribution in [0, 0.1) is 0 Å². The molecule has 0 saturated heterocycles. The summed E-state index contributed by atoms with van der Waals surface area (Å²) in [6.07, 6.45) is 3.19. The molecule has 3 rings (SSSR count). The van der Waals surface area contributed by atoms with Crippen molar-refractivity contribution in [2.45, 2.75) is 58.5 Å². The van der Waals surface area contributed by atoms with E-state index in [1.54, 1.807) is 0 Å². The second kappa shape index (κ2) is 7.72. The van der Waals surface area contributed by atoms with Crippen molar-refractivity contribution in [3.8, 4) is 0 Å². The number of carbonyl (C=O) groups is 1. The summed E-state index contributed by atoms with van der Waals surface area (Å²) in [4.78, 5) is 16.6. The van der Waals surface area contributed by atoms with Gasteiger partial charge in [-0.05, 0) is 37.6 Å². The normalized spacial score (nSPS) is 13.1. The summed E-state index contributed by atoms with van der Waals surface area (Å²) in [5.41, 5.74) is 0.934. The molecule has 0 aliphatic carbocycles. The summed E-state index contributed by atoms with van der Waals surface area (Å²) < 4.78 is 7.42. The van der Waals surface area contributed by atoms with E-state index < -0.39 is 0 Å². The Balaban J connectivity index is 1.51. The maximum absolute atomic E-state index is 12.2. The maximum Gasteiger partial charge on any atom is 0.248 e. The lowest BCUT2D eigenvalue weighted by Gasteiger charge is -2.12. The van der Waals surface area contributed by atoms with E-state index in [0.29, 0.717) is 18.1 Å². The van der Waals surface area contributed by atoms with Gasteiger partial charge in [0.25, 0.3) is 0 Å². The van der Waals surface area contributed by atoms with Crippen LogP contribution in [0.1, 0.15) is 58.3 Å². The van der Waals surface area contributed by atoms with Crippen LogP contribution in [0.2, 0.25) is 5.02 Å². The molecule has 0 saturated carbocycles. The van der Waals surface area contributed by atoms with E-state index in [4.69, 9.17) is 16.1 Å². The Labute approximate surface area is 163 Å². The Bertz CT molecular complexity index is 939. The van der Waals surface area contributed by atoms with E-state index in [-0.39, 0.29) is 17.4 Å². The van der Waals surface area contributed by atoms with Crippen LogP contribution >= 0.6 is 11.6 Å². The Kier molecular flexibility index (Phi) is 5.56. The van der Waals surface area contributed by atoms with Gasteiger partial charge in [0.15, 0.2) is 5.82 Å². The second-order valence-electron chi connectivity index (χ2n) is 7.81. The highest BCUT2D eigenvalue weighted by molar-refractivity contribution is 6.31. The van der Waals surface area contributed by atoms with Gasteiger partial charge in [-0.3, -0.25) is 4.79 Å². The van der Waals surface area contributed by atoms with Gasteiger partial charge in [-0.2, -0.15) is 4.98 Å². The predicted octanol–water partition coefficient (Wildman–Crippen LogP) is 4.63. The van der Waals surface area contributed by atoms with E-state index >= 15 is 0 Å². The number of hydrogen-bond donors (Lipinski definition) is 1. The molecule has 0 aliphatic heterocycles. The van der Waals surface area contributed by atoms with Crippen molar-refractivity contribution in [3.63, 3.8) is 0 Å². The first-order valence-electron chi connectivity index (χ1n) is 9.12. The maximum atomic E-state index is 12.2. The number of aromatic nitrogens is 3. The summed E-state index contributed by atoms with van der Waals surface area (Å²) in [6, 6.07) is 7.55. The van der Waals surface area contributed by atoms with E-state index in [1.165, 1.54) is 0 Å². The zero-order chi connectivity index (χ0) is 19.6. The van der Waals surface area contributed by atoms with Gasteiger partial charge in [0, 0.05) is 40.5 Å². The predicted molar refractivity (Wildman–Crippen MR) is 106 cm³/mol. The molecule has 1 unspecified atom stereocenters. The molecule has 7 heteroatoms. The average Bonchev–Trinajstić information content (AvgIpc) is 3.21. The number of amides is 1. The van der Waals surface area contributed by atoms with Crippen molar-refractivity contribution in [2.75, 3.05) is 0 Å². The molecule has 1 aromatic carbocycles. The number of benzene rings is 1. The first-order chi connectivity index (χ1) is 12.7. The third-order valence-corrected chi connectivity index (χ3v) is 4.63. The number of nitrogens with zero attached hydrogens (tertiary/aromatic N) is 3. The van der Waals surface area contributed by atoms with Gasteiger partial charge in [-0.25, -0.2) is 0 Å². The van der Waals surface area contributed by atoms with Gasteiger partial charge >= 0.3 is 0 Å². The Hall–Kier alpha value is -2.34. The van der Waals surface area contributed by atoms with Gasteiger partial charge in [0.2, 0.25) is 11.8 Å². The van der Waals surface area contributed by atoms with Crippen LogP contribution in [0.5, 0.6) is 0 Å². The minimum Gasteiger partial charge on any atom is -0.347 e. The van der Waals surface area contributed by atoms with Crippen LogP contribution in [-0.2, 0) is 16.8 Å². The van der Waals surface area contributed by atoms with Crippen molar-refractivity contribution in [2.24, 2.45) is 0 Å². The Morgan fingerprint density at radius 1 is 1.33 bits per heavy atom. The summed E-state index contributed by atoms with van der Waals surface area (Å²) in [5.74, 6) is 1.04. The third kappa shape index (κ3) is 4.69. The number of halogens is 1. The van der Waals surface area contributed by atoms with E-state index in [2.05, 4.69) is 20.0 Å². The molecule has 1 N–H and O–H groups in total. The number of carbonyl (C=O) groups excluding carboxylic acids is 1. The molecule has 6 nitrogen and oxygen atoms in total. The monoisotopic (exact) mass is 388 g/mol. The highest BCUT2D eigenvalue weighted by Gasteiger charge is 2.23. The molecule has 2 aromatic heterocycles. The lowest BCUT2D eigenvalue weighted by Crippen LogP contribution is -2.27. The van der Waals surface area contributed by atoms with Crippen LogP contribution in [0.3, 0.4) is 0 Å². The fraction of sp³-hybridized carbons (Fsp3) is 0.450. The summed E-state index contributed by atoms with van der Waals surface area (Å²) in [7, 11) is 0. The van der Waals surface area contributed by atoms with E-state index in [0.717, 1.165) is 28.9 Å². The molecule has 0 spiro atoms. The highest BCUT2D eigenvalue weighted by atomic mass is 35.5. The number of nitrogens with one attached hydrogen (secondary N) is 1. The lowest BCUT2D eigenvalue weighted by atomic mass is 9.96. The molecule has 0 fully saturated rings. The molecule has 2 heterocycles. The van der Waals surface area contributed by atoms with Gasteiger partial charge in [0.1, 0.15) is 6.04 Å². The fourth-order valence-corrected chi connectivity index (χ4v) is 3.05. The molecule has 0 bridgehead atoms. The zero-order valence-electron chi connectivity index (χ0n) is 16.1. The lowest BCUT2D eigenvalue weighted by molar-refractivity contribution is -0.122. The first kappa shape index (κ1) is 19.4. The standard InChI is InChI=1S/C20H25ClN4O2/c1-13(18-23-19(24-27-18)20(2,3)4)22-17(26)6-5-10-25-11-9-14-12-15(21)7-8-16(14)25/h7-9,11-13H,5-6,10H2,1-4H3,(H,22,26). The van der Waals surface area contributed by atoms with Crippen molar-refractivity contribution in [1.29, 1.82) is 0 Å². The van der Waals surface area contributed by atoms with Crippen LogP contribution in [0.25, 0.3) is 10.9 Å². The van der Waals surface area contributed by atoms with Crippen molar-refractivity contribution in [1.82, 2.24) is 20.0 Å². The van der Waals surface area contributed by atoms with Crippen LogP contribution < -0.4 is 5.32 Å². The number of hydrogen-bond acceptors (Lipinski definition) is 4. The first-order valence-corrected chi connectivity index (χ1v) is 9.49. The third-order valence-electron chi connectivity index (χ3n) is 4.40. The van der Waals surface area contributed by atoms with Crippen molar-refractivity contribution in [3.05, 3.63) is 47.2 Å². The number of rotatable bonds is 6. The zero-order valence-corrected chi connectivity index (χ0v) is 16.9. The van der Waals surface area contributed by atoms with E-state index in [1.807, 2.05) is 58.2 Å². The summed E-state index contributed by atoms with van der Waals surface area (Å²) in [5, 5.41) is 8.75. The number of fused-ring (bicyclic) bond motifs is 1. The molecule has 1 atom stereocenters. The fourth-order valence-electron chi connectivity index (χ4n) is 2.87. The molecular formula is C20H25ClN4O2. The van der Waals surface area contributed by atoms with Gasteiger partial charge in [0.05, 0.1) is 0 Å². The quantitative estimate of drug-likeness (QED) is 0.668. The molecule has 0 radical (unpaired) electrons. The average molecular weight is 389 g/mol. The van der Waals surface area contributed by atoms with Gasteiger partial charge < -0.3 is 14.4 Å². The Morgan fingerprint density at radius 2 is 2.11 bits per heavy atom.